The van der Waals surface area contributed by atoms with E-state index in [0.29, 0.717) is 34.3 Å². The predicted molar refractivity (Wildman–Crippen MR) is 140 cm³/mol. The van der Waals surface area contributed by atoms with Crippen molar-refractivity contribution in [1.82, 2.24) is 10.2 Å². The summed E-state index contributed by atoms with van der Waals surface area (Å²) in [5.74, 6) is 0.0907. The number of amides is 2. The van der Waals surface area contributed by atoms with Crippen LogP contribution in [0.15, 0.2) is 42.5 Å². The van der Waals surface area contributed by atoms with E-state index in [0.717, 1.165) is 12.8 Å². The molecule has 5 nitrogen and oxygen atoms in total. The summed E-state index contributed by atoms with van der Waals surface area (Å²) in [5, 5.41) is 3.84. The molecule has 0 bridgehead atoms. The van der Waals surface area contributed by atoms with Crippen LogP contribution >= 0.6 is 23.2 Å². The van der Waals surface area contributed by atoms with Gasteiger partial charge >= 0.3 is 0 Å². The maximum absolute atomic E-state index is 13.3. The van der Waals surface area contributed by atoms with Gasteiger partial charge < -0.3 is 15.0 Å². The summed E-state index contributed by atoms with van der Waals surface area (Å²) in [7, 11) is 0. The van der Waals surface area contributed by atoms with Crippen molar-refractivity contribution in [2.45, 2.75) is 71.9 Å². The first-order chi connectivity index (χ1) is 16.1. The minimum absolute atomic E-state index is 0.0266. The van der Waals surface area contributed by atoms with E-state index in [2.05, 4.69) is 33.0 Å². The number of ether oxygens (including phenoxy) is 1. The molecule has 0 spiro atoms. The fourth-order valence-electron chi connectivity index (χ4n) is 3.56. The molecule has 1 N–H and O–H groups in total. The van der Waals surface area contributed by atoms with Gasteiger partial charge in [0.15, 0.2) is 6.61 Å². The van der Waals surface area contributed by atoms with Gasteiger partial charge in [-0.3, -0.25) is 9.59 Å². The van der Waals surface area contributed by atoms with Crippen LogP contribution < -0.4 is 10.1 Å². The molecule has 2 amide bonds. The smallest absolute Gasteiger partial charge is 0.261 e. The van der Waals surface area contributed by atoms with Crippen molar-refractivity contribution < 1.29 is 14.3 Å². The van der Waals surface area contributed by atoms with E-state index in [1.54, 1.807) is 18.2 Å². The third-order valence-corrected chi connectivity index (χ3v) is 6.40. The Labute approximate surface area is 213 Å². The number of hydrogen-bond donors (Lipinski definition) is 1. The van der Waals surface area contributed by atoms with E-state index in [4.69, 9.17) is 27.9 Å². The average molecular weight is 508 g/mol. The Kier molecular flexibility index (Phi) is 10.7. The minimum Gasteiger partial charge on any atom is -0.484 e. The molecule has 1 atom stereocenters. The molecule has 2 aromatic carbocycles. The van der Waals surface area contributed by atoms with Crippen LogP contribution in [0.1, 0.15) is 65.0 Å². The molecule has 0 saturated heterocycles. The van der Waals surface area contributed by atoms with Gasteiger partial charge in [0.05, 0.1) is 0 Å². The van der Waals surface area contributed by atoms with Crippen molar-refractivity contribution in [1.29, 1.82) is 0 Å². The highest BCUT2D eigenvalue weighted by Gasteiger charge is 2.30. The molecule has 2 rings (SSSR count). The number of unbranched alkanes of at least 4 members (excludes halogenated alkanes) is 1. The van der Waals surface area contributed by atoms with Crippen LogP contribution in [0.4, 0.5) is 0 Å². The largest absolute Gasteiger partial charge is 0.484 e. The lowest BCUT2D eigenvalue weighted by atomic mass is 9.87. The standard InChI is InChI=1S/C27H36Cl2N2O3/c1-6-8-16-30-26(33)24(7-2)31(17-21-22(28)10-9-11-23(21)29)25(32)18-34-20-14-12-19(13-15-20)27(3,4)5/h9-15,24H,6-8,16-18H2,1-5H3,(H,30,33)/t24-/m0/s1. The molecular formula is C27H36Cl2N2O3. The molecule has 0 radical (unpaired) electrons. The molecule has 186 valence electrons. The quantitative estimate of drug-likeness (QED) is 0.359. The van der Waals surface area contributed by atoms with Crippen LogP contribution in [0.25, 0.3) is 0 Å². The predicted octanol–water partition coefficient (Wildman–Crippen LogP) is 6.39. The zero-order valence-electron chi connectivity index (χ0n) is 20.8. The van der Waals surface area contributed by atoms with Gasteiger partial charge in [-0.15, -0.1) is 0 Å². The molecule has 0 fully saturated rings. The highest BCUT2D eigenvalue weighted by atomic mass is 35.5. The number of hydrogen-bond acceptors (Lipinski definition) is 3. The van der Waals surface area contributed by atoms with Gasteiger partial charge in [0.25, 0.3) is 5.91 Å². The number of carbonyl (C=O) groups excluding carboxylic acids is 2. The van der Waals surface area contributed by atoms with Gasteiger partial charge in [-0.25, -0.2) is 0 Å². The highest BCUT2D eigenvalue weighted by molar-refractivity contribution is 6.36. The van der Waals surface area contributed by atoms with Crippen molar-refractivity contribution in [3.63, 3.8) is 0 Å². The molecule has 0 aliphatic heterocycles. The first-order valence-corrected chi connectivity index (χ1v) is 12.6. The summed E-state index contributed by atoms with van der Waals surface area (Å²) >= 11 is 12.8. The molecule has 0 heterocycles. The zero-order chi connectivity index (χ0) is 25.3. The second kappa shape index (κ2) is 13.0. The van der Waals surface area contributed by atoms with E-state index < -0.39 is 6.04 Å². The molecule has 34 heavy (non-hydrogen) atoms. The lowest BCUT2D eigenvalue weighted by Gasteiger charge is -2.31. The van der Waals surface area contributed by atoms with Crippen LogP contribution in [-0.2, 0) is 21.5 Å². The van der Waals surface area contributed by atoms with Gasteiger partial charge in [0.1, 0.15) is 11.8 Å². The van der Waals surface area contributed by atoms with Crippen molar-refractivity contribution in [3.8, 4) is 5.75 Å². The van der Waals surface area contributed by atoms with Crippen molar-refractivity contribution in [3.05, 3.63) is 63.6 Å². The van der Waals surface area contributed by atoms with Gasteiger partial charge in [0, 0.05) is 28.7 Å². The third kappa shape index (κ3) is 7.92. The normalized spacial score (nSPS) is 12.2. The Morgan fingerprint density at radius 3 is 2.18 bits per heavy atom. The summed E-state index contributed by atoms with van der Waals surface area (Å²) in [5.41, 5.74) is 1.81. The average Bonchev–Trinajstić information content (AvgIpc) is 2.79. The fourth-order valence-corrected chi connectivity index (χ4v) is 4.08. The Morgan fingerprint density at radius 1 is 1.03 bits per heavy atom. The number of rotatable bonds is 11. The number of nitrogens with one attached hydrogen (secondary N) is 1. The Morgan fingerprint density at radius 2 is 1.65 bits per heavy atom. The lowest BCUT2D eigenvalue weighted by Crippen LogP contribution is -2.50. The van der Waals surface area contributed by atoms with E-state index in [1.165, 1.54) is 10.5 Å². The monoisotopic (exact) mass is 506 g/mol. The number of benzene rings is 2. The molecule has 0 unspecified atom stereocenters. The van der Waals surface area contributed by atoms with E-state index >= 15 is 0 Å². The van der Waals surface area contributed by atoms with Gasteiger partial charge in [-0.05, 0) is 48.1 Å². The Bertz CT molecular complexity index is 935. The van der Waals surface area contributed by atoms with Crippen LogP contribution in [0, 0.1) is 0 Å². The topological polar surface area (TPSA) is 58.6 Å². The van der Waals surface area contributed by atoms with Gasteiger partial charge in [-0.2, -0.15) is 0 Å². The highest BCUT2D eigenvalue weighted by Crippen LogP contribution is 2.27. The number of nitrogens with zero attached hydrogens (tertiary/aromatic N) is 1. The Hall–Kier alpha value is -2.24. The number of carbonyl (C=O) groups is 2. The molecule has 0 saturated carbocycles. The molecular weight excluding hydrogens is 471 g/mol. The van der Waals surface area contributed by atoms with Crippen molar-refractivity contribution in [2.24, 2.45) is 0 Å². The molecule has 0 aliphatic carbocycles. The van der Waals surface area contributed by atoms with Gasteiger partial charge in [-0.1, -0.05) is 82.4 Å². The first-order valence-electron chi connectivity index (χ1n) is 11.8. The third-order valence-electron chi connectivity index (χ3n) is 5.69. The SMILES string of the molecule is CCCCNC(=O)[C@H](CC)N(Cc1c(Cl)cccc1Cl)C(=O)COc1ccc(C(C)(C)C)cc1. The second-order valence-electron chi connectivity index (χ2n) is 9.35. The molecule has 0 aliphatic rings. The van der Waals surface area contributed by atoms with Crippen LogP contribution in [-0.4, -0.2) is 35.9 Å². The van der Waals surface area contributed by atoms with Crippen LogP contribution in [0.2, 0.25) is 10.0 Å². The van der Waals surface area contributed by atoms with E-state index in [-0.39, 0.29) is 30.4 Å². The summed E-state index contributed by atoms with van der Waals surface area (Å²) in [6.07, 6.45) is 2.29. The molecule has 0 aromatic heterocycles. The fraction of sp³-hybridized carbons (Fsp3) is 0.481. The summed E-state index contributed by atoms with van der Waals surface area (Å²) < 4.78 is 5.80. The van der Waals surface area contributed by atoms with Gasteiger partial charge in [0.2, 0.25) is 5.91 Å². The lowest BCUT2D eigenvalue weighted by molar-refractivity contribution is -0.143. The maximum Gasteiger partial charge on any atom is 0.261 e. The minimum atomic E-state index is -0.663. The summed E-state index contributed by atoms with van der Waals surface area (Å²) in [4.78, 5) is 27.8. The summed E-state index contributed by atoms with van der Waals surface area (Å²) in [6, 6.07) is 12.2. The number of halogens is 2. The first kappa shape index (κ1) is 28.0. The zero-order valence-corrected chi connectivity index (χ0v) is 22.3. The van der Waals surface area contributed by atoms with E-state index in [1.807, 2.05) is 31.2 Å². The second-order valence-corrected chi connectivity index (χ2v) is 10.2. The van der Waals surface area contributed by atoms with Crippen LogP contribution in [0.5, 0.6) is 5.75 Å². The molecule has 2 aromatic rings. The Balaban J connectivity index is 2.23. The summed E-state index contributed by atoms with van der Waals surface area (Å²) in [6.45, 7) is 10.8. The van der Waals surface area contributed by atoms with Crippen molar-refractivity contribution >= 4 is 35.0 Å². The van der Waals surface area contributed by atoms with Crippen LogP contribution in [0.3, 0.4) is 0 Å². The maximum atomic E-state index is 13.3. The van der Waals surface area contributed by atoms with Crippen molar-refractivity contribution in [2.75, 3.05) is 13.2 Å². The molecule has 7 heteroatoms. The van der Waals surface area contributed by atoms with E-state index in [9.17, 15) is 9.59 Å².